The molecule has 0 rings (SSSR count). The van der Waals surface area contributed by atoms with Crippen LogP contribution in [0.25, 0.3) is 0 Å². The Morgan fingerprint density at radius 1 is 1.30 bits per heavy atom. The van der Waals surface area contributed by atoms with Gasteiger partial charge in [0, 0.05) is 9.35 Å². The molecule has 0 heterocycles. The van der Waals surface area contributed by atoms with Gasteiger partial charge >= 0.3 is 0 Å². The molecule has 0 fully saturated rings. The van der Waals surface area contributed by atoms with Crippen LogP contribution in [0.3, 0.4) is 0 Å². The number of hydrogen-bond donors (Lipinski definition) is 1. The molecule has 1 nitrogen and oxygen atoms in total. The molecule has 0 radical (unpaired) electrons. The third kappa shape index (κ3) is 7.70. The van der Waals surface area contributed by atoms with Gasteiger partial charge in [-0.2, -0.15) is 0 Å². The second-order valence-electron chi connectivity index (χ2n) is 2.28. The van der Waals surface area contributed by atoms with Gasteiger partial charge in [-0.25, -0.2) is 0 Å². The van der Waals surface area contributed by atoms with Gasteiger partial charge in [0.1, 0.15) is 0 Å². The van der Waals surface area contributed by atoms with Crippen LogP contribution < -0.4 is 0 Å². The van der Waals surface area contributed by atoms with E-state index in [0.29, 0.717) is 12.8 Å². The summed E-state index contributed by atoms with van der Waals surface area (Å²) >= 11 is 0. The lowest BCUT2D eigenvalue weighted by atomic mass is 10.1. The Hall–Kier alpha value is -0.300. The summed E-state index contributed by atoms with van der Waals surface area (Å²) in [5.41, 5.74) is 0. The highest BCUT2D eigenvalue weighted by Crippen LogP contribution is 2.04. The molecule has 0 bridgehead atoms. The van der Waals surface area contributed by atoms with Crippen LogP contribution in [0.5, 0.6) is 0 Å². The number of allylic oxidation sites excluding steroid dienone is 1. The average Bonchev–Trinajstić information content (AvgIpc) is 1.98. The second kappa shape index (κ2) is 8.70. The van der Waals surface area contributed by atoms with Crippen molar-refractivity contribution in [1.29, 1.82) is 0 Å². The molecule has 0 atom stereocenters. The highest BCUT2D eigenvalue weighted by atomic mass is 16.2. The van der Waals surface area contributed by atoms with Gasteiger partial charge < -0.3 is 5.11 Å². The summed E-state index contributed by atoms with van der Waals surface area (Å²) < 4.78 is 15.0. The molecule has 10 heavy (non-hydrogen) atoms. The standard InChI is InChI=1S/C9H18O/c1-2-3-4-5-6-7-8-9-10/h2,10H,1,3-9H2/i4D2. The maximum atomic E-state index is 8.49. The van der Waals surface area contributed by atoms with Crippen LogP contribution in [0.2, 0.25) is 0 Å². The van der Waals surface area contributed by atoms with E-state index < -0.39 is 6.37 Å². The summed E-state index contributed by atoms with van der Waals surface area (Å²) in [6, 6.07) is 0. The first-order valence-corrected chi connectivity index (χ1v) is 3.84. The lowest BCUT2D eigenvalue weighted by Gasteiger charge is -1.96. The third-order valence-electron chi connectivity index (χ3n) is 1.30. The molecule has 0 aromatic rings. The lowest BCUT2D eigenvalue weighted by molar-refractivity contribution is 0.282. The van der Waals surface area contributed by atoms with Crippen molar-refractivity contribution in [3.8, 4) is 0 Å². The fraction of sp³-hybridized carbons (Fsp3) is 0.778. The average molecular weight is 144 g/mol. The smallest absolute Gasteiger partial charge is 0.0431 e. The Kier molecular flexibility index (Phi) is 5.58. The molecular weight excluding hydrogens is 124 g/mol. The topological polar surface area (TPSA) is 20.2 Å². The van der Waals surface area contributed by atoms with Crippen molar-refractivity contribution >= 4 is 0 Å². The van der Waals surface area contributed by atoms with Crippen molar-refractivity contribution in [2.45, 2.75) is 38.5 Å². The molecule has 60 valence electrons. The summed E-state index contributed by atoms with van der Waals surface area (Å²) in [6.07, 6.45) is 4.05. The summed E-state index contributed by atoms with van der Waals surface area (Å²) in [7, 11) is 0. The molecule has 0 amide bonds. The fourth-order valence-electron chi connectivity index (χ4n) is 0.743. The van der Waals surface area contributed by atoms with Crippen molar-refractivity contribution < 1.29 is 7.85 Å². The molecule has 0 saturated heterocycles. The first kappa shape index (κ1) is 6.41. The summed E-state index contributed by atoms with van der Waals surface area (Å²) in [4.78, 5) is 0. The van der Waals surface area contributed by atoms with Gasteiger partial charge in [0.25, 0.3) is 0 Å². The van der Waals surface area contributed by atoms with E-state index >= 15 is 0 Å². The molecule has 0 unspecified atom stereocenters. The Morgan fingerprint density at radius 3 is 2.60 bits per heavy atom. The van der Waals surface area contributed by atoms with E-state index in [4.69, 9.17) is 7.85 Å². The minimum absolute atomic E-state index is 0.213. The summed E-state index contributed by atoms with van der Waals surface area (Å²) in [5.74, 6) is 0. The number of aliphatic hydroxyl groups excluding tert-OH is 1. The van der Waals surface area contributed by atoms with E-state index in [0.717, 1.165) is 19.3 Å². The number of aliphatic hydroxyl groups is 1. The molecule has 0 aliphatic carbocycles. The van der Waals surface area contributed by atoms with Gasteiger partial charge in [0.2, 0.25) is 0 Å². The third-order valence-corrected chi connectivity index (χ3v) is 1.30. The van der Waals surface area contributed by atoms with Crippen molar-refractivity contribution in [3.63, 3.8) is 0 Å². The quantitative estimate of drug-likeness (QED) is 0.430. The van der Waals surface area contributed by atoms with Gasteiger partial charge in [0.05, 0.1) is 0 Å². The minimum Gasteiger partial charge on any atom is -0.396 e. The zero-order chi connectivity index (χ0) is 9.45. The molecule has 1 N–H and O–H groups in total. The lowest BCUT2D eigenvalue weighted by Crippen LogP contribution is -1.82. The van der Waals surface area contributed by atoms with E-state index in [2.05, 4.69) is 6.58 Å². The first-order chi connectivity index (χ1) is 5.62. The normalized spacial score (nSPS) is 14.1. The Labute approximate surface area is 66.6 Å². The molecule has 0 saturated carbocycles. The zero-order valence-corrected chi connectivity index (χ0v) is 6.47. The Balaban J connectivity index is 3.39. The van der Waals surface area contributed by atoms with E-state index in [-0.39, 0.29) is 6.61 Å². The van der Waals surface area contributed by atoms with Crippen LogP contribution in [-0.2, 0) is 0 Å². The fourth-order valence-corrected chi connectivity index (χ4v) is 0.743. The van der Waals surface area contributed by atoms with E-state index in [9.17, 15) is 0 Å². The summed E-state index contributed by atoms with van der Waals surface area (Å²) in [6.45, 7) is 3.72. The van der Waals surface area contributed by atoms with E-state index in [1.165, 1.54) is 0 Å². The first-order valence-electron chi connectivity index (χ1n) is 4.84. The molecule has 0 spiro atoms. The SMILES string of the molecule is [2H]C([2H])(CC=C)CCCCCO. The van der Waals surface area contributed by atoms with Crippen LogP contribution in [0.15, 0.2) is 12.7 Å². The van der Waals surface area contributed by atoms with Gasteiger partial charge in [-0.1, -0.05) is 25.3 Å². The predicted octanol–water partition coefficient (Wildman–Crippen LogP) is 2.51. The zero-order valence-electron chi connectivity index (χ0n) is 8.47. The molecule has 0 aromatic carbocycles. The predicted molar refractivity (Wildman–Crippen MR) is 45.0 cm³/mol. The van der Waals surface area contributed by atoms with Crippen LogP contribution in [0, 0.1) is 0 Å². The van der Waals surface area contributed by atoms with Crippen molar-refractivity contribution in [2.24, 2.45) is 0 Å². The van der Waals surface area contributed by atoms with Gasteiger partial charge in [-0.05, 0) is 19.2 Å². The van der Waals surface area contributed by atoms with E-state index in [1.54, 1.807) is 6.08 Å². The summed E-state index contributed by atoms with van der Waals surface area (Å²) in [5, 5.41) is 8.49. The highest BCUT2D eigenvalue weighted by Gasteiger charge is 1.87. The molecular formula is C9H18O. The molecule has 0 aromatic heterocycles. The minimum atomic E-state index is -1.10. The van der Waals surface area contributed by atoms with E-state index in [1.807, 2.05) is 0 Å². The van der Waals surface area contributed by atoms with Crippen molar-refractivity contribution in [1.82, 2.24) is 0 Å². The van der Waals surface area contributed by atoms with Gasteiger partial charge in [-0.15, -0.1) is 6.58 Å². The highest BCUT2D eigenvalue weighted by molar-refractivity contribution is 4.65. The van der Waals surface area contributed by atoms with Crippen LogP contribution in [-0.4, -0.2) is 11.7 Å². The number of hydrogen-bond acceptors (Lipinski definition) is 1. The van der Waals surface area contributed by atoms with Crippen molar-refractivity contribution in [3.05, 3.63) is 12.7 Å². The second-order valence-corrected chi connectivity index (χ2v) is 2.28. The monoisotopic (exact) mass is 144 g/mol. The largest absolute Gasteiger partial charge is 0.396 e. The molecule has 0 aliphatic rings. The Bertz CT molecular complexity index is 124. The number of unbranched alkanes of at least 4 members (excludes halogenated alkanes) is 2. The van der Waals surface area contributed by atoms with Crippen LogP contribution >= 0.6 is 0 Å². The Morgan fingerprint density at radius 2 is 2.00 bits per heavy atom. The van der Waals surface area contributed by atoms with Crippen molar-refractivity contribution in [2.75, 3.05) is 6.61 Å². The van der Waals surface area contributed by atoms with Gasteiger partial charge in [0.15, 0.2) is 0 Å². The molecule has 1 heteroatoms. The number of rotatable bonds is 7. The van der Waals surface area contributed by atoms with Crippen LogP contribution in [0.1, 0.15) is 41.2 Å². The molecule has 0 aliphatic heterocycles. The maximum Gasteiger partial charge on any atom is 0.0431 e. The van der Waals surface area contributed by atoms with Crippen LogP contribution in [0.4, 0.5) is 0 Å². The van der Waals surface area contributed by atoms with Gasteiger partial charge in [-0.3, -0.25) is 0 Å². The maximum absolute atomic E-state index is 8.49.